The minimum absolute atomic E-state index is 0.425. The van der Waals surface area contributed by atoms with Gasteiger partial charge in [0.25, 0.3) is 0 Å². The molecule has 0 radical (unpaired) electrons. The van der Waals surface area contributed by atoms with Crippen LogP contribution in [0.4, 0.5) is 0 Å². The molecule has 0 aromatic heterocycles. The van der Waals surface area contributed by atoms with Gasteiger partial charge in [-0.3, -0.25) is 0 Å². The molecule has 0 saturated heterocycles. The predicted molar refractivity (Wildman–Crippen MR) is 56.9 cm³/mol. The highest BCUT2D eigenvalue weighted by Crippen LogP contribution is 2.23. The van der Waals surface area contributed by atoms with E-state index in [-0.39, 0.29) is 0 Å². The Morgan fingerprint density at radius 3 is 2.23 bits per heavy atom. The predicted octanol–water partition coefficient (Wildman–Crippen LogP) is 3.77. The molecular formula is C12H24O. The number of rotatable bonds is 3. The van der Waals surface area contributed by atoms with Crippen LogP contribution in [0, 0.1) is 5.41 Å². The summed E-state index contributed by atoms with van der Waals surface area (Å²) < 4.78 is 5.86. The summed E-state index contributed by atoms with van der Waals surface area (Å²) in [6.45, 7) is 7.78. The van der Waals surface area contributed by atoms with Gasteiger partial charge in [-0.05, 0) is 24.7 Å². The van der Waals surface area contributed by atoms with Gasteiger partial charge in [-0.1, -0.05) is 40.0 Å². The first-order valence-electron chi connectivity index (χ1n) is 5.69. The highest BCUT2D eigenvalue weighted by atomic mass is 16.5. The van der Waals surface area contributed by atoms with Gasteiger partial charge < -0.3 is 4.74 Å². The van der Waals surface area contributed by atoms with Crippen molar-refractivity contribution < 1.29 is 4.74 Å². The third-order valence-corrected chi connectivity index (χ3v) is 2.76. The summed E-state index contributed by atoms with van der Waals surface area (Å²) in [5.41, 5.74) is 0.425. The van der Waals surface area contributed by atoms with Crippen LogP contribution in [0.25, 0.3) is 0 Å². The average Bonchev–Trinajstić information content (AvgIpc) is 2.04. The molecule has 0 aromatic carbocycles. The van der Waals surface area contributed by atoms with Gasteiger partial charge >= 0.3 is 0 Å². The Kier molecular flexibility index (Phi) is 4.24. The molecule has 1 aliphatic rings. The number of hydrogen-bond donors (Lipinski definition) is 0. The minimum atomic E-state index is 0.425. The summed E-state index contributed by atoms with van der Waals surface area (Å²) in [5.74, 6) is 0. The number of hydrogen-bond acceptors (Lipinski definition) is 1. The molecule has 0 aromatic rings. The van der Waals surface area contributed by atoms with Crippen molar-refractivity contribution in [3.63, 3.8) is 0 Å². The first kappa shape index (κ1) is 11.0. The maximum absolute atomic E-state index is 5.86. The molecule has 0 amide bonds. The van der Waals surface area contributed by atoms with Crippen LogP contribution in [0.3, 0.4) is 0 Å². The Hall–Kier alpha value is -0.0400. The minimum Gasteiger partial charge on any atom is -0.378 e. The molecule has 0 atom stereocenters. The Labute approximate surface area is 82.9 Å². The lowest BCUT2D eigenvalue weighted by Crippen LogP contribution is -2.19. The maximum Gasteiger partial charge on any atom is 0.0575 e. The fraction of sp³-hybridized carbons (Fsp3) is 1.00. The Balaban J connectivity index is 2.04. The van der Waals surface area contributed by atoms with Crippen molar-refractivity contribution in [2.24, 2.45) is 5.41 Å². The highest BCUT2D eigenvalue weighted by molar-refractivity contribution is 4.66. The Morgan fingerprint density at radius 1 is 1.08 bits per heavy atom. The zero-order valence-electron chi connectivity index (χ0n) is 9.44. The van der Waals surface area contributed by atoms with E-state index in [9.17, 15) is 0 Å². The molecule has 0 spiro atoms. The molecule has 0 N–H and O–H groups in total. The van der Waals surface area contributed by atoms with E-state index in [0.717, 1.165) is 6.61 Å². The van der Waals surface area contributed by atoms with Crippen LogP contribution >= 0.6 is 0 Å². The topological polar surface area (TPSA) is 9.23 Å². The zero-order chi connectivity index (χ0) is 9.73. The van der Waals surface area contributed by atoms with Gasteiger partial charge in [0.15, 0.2) is 0 Å². The molecule has 1 nitrogen and oxygen atoms in total. The second-order valence-electron chi connectivity index (χ2n) is 5.44. The van der Waals surface area contributed by atoms with Crippen LogP contribution in [0.15, 0.2) is 0 Å². The molecule has 13 heavy (non-hydrogen) atoms. The molecule has 1 rings (SSSR count). The van der Waals surface area contributed by atoms with Gasteiger partial charge in [-0.25, -0.2) is 0 Å². The maximum atomic E-state index is 5.86. The van der Waals surface area contributed by atoms with Gasteiger partial charge in [0.2, 0.25) is 0 Å². The van der Waals surface area contributed by atoms with Gasteiger partial charge in [0, 0.05) is 6.61 Å². The fourth-order valence-corrected chi connectivity index (χ4v) is 1.76. The van der Waals surface area contributed by atoms with E-state index in [1.165, 1.54) is 38.5 Å². The SMILES string of the molecule is CC(C)(C)CCOC1CCCCC1. The van der Waals surface area contributed by atoms with Crippen molar-refractivity contribution in [1.82, 2.24) is 0 Å². The lowest BCUT2D eigenvalue weighted by atomic mass is 9.92. The summed E-state index contributed by atoms with van der Waals surface area (Å²) in [5, 5.41) is 0. The van der Waals surface area contributed by atoms with E-state index in [1.54, 1.807) is 0 Å². The summed E-state index contributed by atoms with van der Waals surface area (Å²) in [7, 11) is 0. The molecular weight excluding hydrogens is 160 g/mol. The molecule has 0 bridgehead atoms. The average molecular weight is 184 g/mol. The van der Waals surface area contributed by atoms with Crippen molar-refractivity contribution in [2.75, 3.05) is 6.61 Å². The lowest BCUT2D eigenvalue weighted by Gasteiger charge is -2.24. The van der Waals surface area contributed by atoms with Crippen molar-refractivity contribution >= 4 is 0 Å². The summed E-state index contributed by atoms with van der Waals surface area (Å²) >= 11 is 0. The van der Waals surface area contributed by atoms with Crippen molar-refractivity contribution in [2.45, 2.75) is 65.4 Å². The highest BCUT2D eigenvalue weighted by Gasteiger charge is 2.15. The normalized spacial score (nSPS) is 20.5. The van der Waals surface area contributed by atoms with Crippen LogP contribution < -0.4 is 0 Å². The second-order valence-corrected chi connectivity index (χ2v) is 5.44. The fourth-order valence-electron chi connectivity index (χ4n) is 1.76. The van der Waals surface area contributed by atoms with E-state index in [2.05, 4.69) is 20.8 Å². The third kappa shape index (κ3) is 5.30. The lowest BCUT2D eigenvalue weighted by molar-refractivity contribution is 0.0159. The van der Waals surface area contributed by atoms with Crippen LogP contribution in [0.1, 0.15) is 59.3 Å². The summed E-state index contributed by atoms with van der Waals surface area (Å²) in [6.07, 6.45) is 8.52. The molecule has 1 heteroatoms. The monoisotopic (exact) mass is 184 g/mol. The quantitative estimate of drug-likeness (QED) is 0.648. The molecule has 78 valence electrons. The van der Waals surface area contributed by atoms with E-state index in [4.69, 9.17) is 4.74 Å². The molecule has 0 aliphatic heterocycles. The first-order chi connectivity index (χ1) is 6.08. The van der Waals surface area contributed by atoms with E-state index >= 15 is 0 Å². The van der Waals surface area contributed by atoms with Crippen LogP contribution in [-0.2, 0) is 4.74 Å². The Morgan fingerprint density at radius 2 is 1.69 bits per heavy atom. The van der Waals surface area contributed by atoms with Gasteiger partial charge in [-0.15, -0.1) is 0 Å². The van der Waals surface area contributed by atoms with Gasteiger partial charge in [-0.2, -0.15) is 0 Å². The molecule has 0 heterocycles. The summed E-state index contributed by atoms with van der Waals surface area (Å²) in [4.78, 5) is 0. The van der Waals surface area contributed by atoms with Crippen LogP contribution in [0.2, 0.25) is 0 Å². The van der Waals surface area contributed by atoms with E-state index in [0.29, 0.717) is 11.5 Å². The number of ether oxygens (including phenoxy) is 1. The van der Waals surface area contributed by atoms with Crippen LogP contribution in [0.5, 0.6) is 0 Å². The zero-order valence-corrected chi connectivity index (χ0v) is 9.44. The molecule has 1 aliphatic carbocycles. The first-order valence-corrected chi connectivity index (χ1v) is 5.69. The third-order valence-electron chi connectivity index (χ3n) is 2.76. The van der Waals surface area contributed by atoms with Crippen molar-refractivity contribution in [1.29, 1.82) is 0 Å². The largest absolute Gasteiger partial charge is 0.378 e. The van der Waals surface area contributed by atoms with E-state index < -0.39 is 0 Å². The Bertz CT molecular complexity index is 129. The molecule has 1 fully saturated rings. The standard InChI is InChI=1S/C12H24O/c1-12(2,3)9-10-13-11-7-5-4-6-8-11/h11H,4-10H2,1-3H3. The van der Waals surface area contributed by atoms with Crippen molar-refractivity contribution in [3.05, 3.63) is 0 Å². The smallest absolute Gasteiger partial charge is 0.0575 e. The second kappa shape index (κ2) is 4.99. The molecule has 0 unspecified atom stereocenters. The van der Waals surface area contributed by atoms with Crippen molar-refractivity contribution in [3.8, 4) is 0 Å². The summed E-state index contributed by atoms with van der Waals surface area (Å²) in [6, 6.07) is 0. The van der Waals surface area contributed by atoms with Gasteiger partial charge in [0.1, 0.15) is 0 Å². The molecule has 1 saturated carbocycles. The van der Waals surface area contributed by atoms with E-state index in [1.807, 2.05) is 0 Å². The van der Waals surface area contributed by atoms with Crippen LogP contribution in [-0.4, -0.2) is 12.7 Å². The van der Waals surface area contributed by atoms with Gasteiger partial charge in [0.05, 0.1) is 6.10 Å².